The Bertz CT molecular complexity index is 446. The van der Waals surface area contributed by atoms with Gasteiger partial charge in [-0.05, 0) is 26.2 Å². The van der Waals surface area contributed by atoms with Crippen LogP contribution in [-0.4, -0.2) is 38.2 Å². The molecule has 0 aromatic rings. The third-order valence-electron chi connectivity index (χ3n) is 3.01. The third-order valence-corrected chi connectivity index (χ3v) is 4.84. The number of ether oxygens (including phenoxy) is 1. The number of rotatable bonds is 7. The summed E-state index contributed by atoms with van der Waals surface area (Å²) in [4.78, 5) is 11.1. The monoisotopic (exact) mass is 324 g/mol. The molecule has 2 atom stereocenters. The highest BCUT2D eigenvalue weighted by Crippen LogP contribution is 2.26. The molecule has 0 radical (unpaired) electrons. The molecule has 1 aliphatic rings. The van der Waals surface area contributed by atoms with E-state index >= 15 is 0 Å². The first-order valence-corrected chi connectivity index (χ1v) is 8.71. The number of halogens is 1. The zero-order valence-corrected chi connectivity index (χ0v) is 13.2. The fourth-order valence-electron chi connectivity index (χ4n) is 1.92. The molecule has 0 spiro atoms. The van der Waals surface area contributed by atoms with Crippen molar-refractivity contribution in [2.75, 3.05) is 12.4 Å². The Hall–Kier alpha value is -0.590. The topological polar surface area (TPSA) is 69.7 Å². The van der Waals surface area contributed by atoms with E-state index in [0.717, 1.165) is 19.3 Å². The zero-order valence-electron chi connectivity index (χ0n) is 11.6. The normalized spacial score (nSPS) is 23.3. The summed E-state index contributed by atoms with van der Waals surface area (Å²) in [5.41, 5.74) is 0.288. The summed E-state index contributed by atoms with van der Waals surface area (Å²) in [5, 5.41) is -0.250. The second-order valence-corrected chi connectivity index (χ2v) is 7.24. The molecule has 0 aromatic heterocycles. The predicted molar refractivity (Wildman–Crippen MR) is 77.2 cm³/mol. The molecule has 0 saturated heterocycles. The average Bonchev–Trinajstić information content (AvgIpc) is 2.37. The second kappa shape index (κ2) is 8.00. The van der Waals surface area contributed by atoms with Crippen LogP contribution in [0.5, 0.6) is 0 Å². The minimum Gasteiger partial charge on any atom is -0.462 e. The zero-order chi connectivity index (χ0) is 15.2. The Morgan fingerprint density at radius 2 is 2.00 bits per heavy atom. The quantitative estimate of drug-likeness (QED) is 0.236. The highest BCUT2D eigenvalue weighted by molar-refractivity contribution is 7.86. The van der Waals surface area contributed by atoms with Crippen molar-refractivity contribution in [3.05, 3.63) is 12.2 Å². The summed E-state index contributed by atoms with van der Waals surface area (Å²) >= 11 is 6.06. The lowest BCUT2D eigenvalue weighted by molar-refractivity contribution is -0.138. The predicted octanol–water partition coefficient (Wildman–Crippen LogP) is 2.39. The lowest BCUT2D eigenvalue weighted by Gasteiger charge is -2.26. The highest BCUT2D eigenvalue weighted by Gasteiger charge is 2.28. The lowest BCUT2D eigenvalue weighted by atomic mass is 9.97. The van der Waals surface area contributed by atoms with Crippen LogP contribution < -0.4 is 0 Å². The first-order valence-electron chi connectivity index (χ1n) is 6.69. The minimum atomic E-state index is -3.63. The van der Waals surface area contributed by atoms with E-state index in [1.807, 2.05) is 0 Å². The molecule has 1 aliphatic carbocycles. The number of hydrogen-bond acceptors (Lipinski definition) is 5. The molecule has 1 saturated carbocycles. The number of alkyl halides is 1. The molecule has 7 heteroatoms. The number of esters is 1. The van der Waals surface area contributed by atoms with Crippen LogP contribution in [0.15, 0.2) is 12.2 Å². The molecule has 0 heterocycles. The van der Waals surface area contributed by atoms with E-state index in [1.54, 1.807) is 0 Å². The van der Waals surface area contributed by atoms with Crippen molar-refractivity contribution in [2.45, 2.75) is 50.5 Å². The molecule has 5 nitrogen and oxygen atoms in total. The van der Waals surface area contributed by atoms with Gasteiger partial charge in [-0.1, -0.05) is 19.4 Å². The van der Waals surface area contributed by atoms with Gasteiger partial charge < -0.3 is 4.74 Å². The average molecular weight is 325 g/mol. The Morgan fingerprint density at radius 1 is 1.35 bits per heavy atom. The van der Waals surface area contributed by atoms with Crippen molar-refractivity contribution in [1.82, 2.24) is 0 Å². The number of carbonyl (C=O) groups excluding carboxylic acids is 1. The molecule has 20 heavy (non-hydrogen) atoms. The second-order valence-electron chi connectivity index (χ2n) is 4.97. The summed E-state index contributed by atoms with van der Waals surface area (Å²) in [6, 6.07) is 0. The van der Waals surface area contributed by atoms with Crippen LogP contribution in [0.1, 0.15) is 39.0 Å². The highest BCUT2D eigenvalue weighted by atomic mass is 35.5. The SMILES string of the molecule is C=C(C)C(=O)OCCCS(=O)(=O)OC1CCCCC1Cl. The van der Waals surface area contributed by atoms with Crippen LogP contribution in [0.4, 0.5) is 0 Å². The van der Waals surface area contributed by atoms with Crippen molar-refractivity contribution >= 4 is 27.7 Å². The molecule has 0 bridgehead atoms. The Morgan fingerprint density at radius 3 is 2.60 bits per heavy atom. The van der Waals surface area contributed by atoms with Crippen molar-refractivity contribution in [3.63, 3.8) is 0 Å². The van der Waals surface area contributed by atoms with E-state index in [2.05, 4.69) is 6.58 Å². The van der Waals surface area contributed by atoms with Gasteiger partial charge in [-0.25, -0.2) is 4.79 Å². The van der Waals surface area contributed by atoms with E-state index in [-0.39, 0.29) is 29.7 Å². The van der Waals surface area contributed by atoms with Gasteiger partial charge in [0.15, 0.2) is 0 Å². The molecule has 0 aromatic carbocycles. The van der Waals surface area contributed by atoms with Crippen LogP contribution in [-0.2, 0) is 23.8 Å². The van der Waals surface area contributed by atoms with E-state index in [4.69, 9.17) is 20.5 Å². The van der Waals surface area contributed by atoms with Gasteiger partial charge in [-0.15, -0.1) is 11.6 Å². The first-order chi connectivity index (χ1) is 9.32. The van der Waals surface area contributed by atoms with E-state index in [0.29, 0.717) is 6.42 Å². The molecule has 1 fully saturated rings. The van der Waals surface area contributed by atoms with E-state index in [1.165, 1.54) is 6.92 Å². The standard InChI is InChI=1S/C13H21ClO5S/c1-10(2)13(15)18-8-5-9-20(16,17)19-12-7-4-3-6-11(12)14/h11-12H,1,3-9H2,2H3. The first kappa shape index (κ1) is 17.5. The summed E-state index contributed by atoms with van der Waals surface area (Å²) in [5.74, 6) is -0.701. The maximum atomic E-state index is 11.8. The van der Waals surface area contributed by atoms with Crippen molar-refractivity contribution < 1.29 is 22.1 Å². The lowest BCUT2D eigenvalue weighted by Crippen LogP contribution is -2.31. The van der Waals surface area contributed by atoms with Crippen molar-refractivity contribution in [2.24, 2.45) is 0 Å². The smallest absolute Gasteiger partial charge is 0.333 e. The van der Waals surface area contributed by atoms with Gasteiger partial charge in [0.1, 0.15) is 0 Å². The van der Waals surface area contributed by atoms with Crippen LogP contribution in [0, 0.1) is 0 Å². The van der Waals surface area contributed by atoms with E-state index < -0.39 is 22.2 Å². The maximum Gasteiger partial charge on any atom is 0.333 e. The Balaban J connectivity index is 2.31. The van der Waals surface area contributed by atoms with E-state index in [9.17, 15) is 13.2 Å². The Kier molecular flexibility index (Phi) is 6.99. The van der Waals surface area contributed by atoms with Gasteiger partial charge in [-0.3, -0.25) is 4.18 Å². The molecular weight excluding hydrogens is 304 g/mol. The van der Waals surface area contributed by atoms with Gasteiger partial charge in [0.05, 0.1) is 23.8 Å². The maximum absolute atomic E-state index is 11.8. The Labute approximate surface area is 125 Å². The summed E-state index contributed by atoms with van der Waals surface area (Å²) in [6.07, 6.45) is 3.13. The van der Waals surface area contributed by atoms with Crippen LogP contribution >= 0.6 is 11.6 Å². The molecule has 0 amide bonds. The largest absolute Gasteiger partial charge is 0.462 e. The fraction of sp³-hybridized carbons (Fsp3) is 0.769. The van der Waals surface area contributed by atoms with Crippen LogP contribution in [0.2, 0.25) is 0 Å². The molecule has 2 unspecified atom stereocenters. The van der Waals surface area contributed by atoms with Gasteiger partial charge in [0.2, 0.25) is 0 Å². The van der Waals surface area contributed by atoms with Gasteiger partial charge in [-0.2, -0.15) is 8.42 Å². The van der Waals surface area contributed by atoms with Crippen molar-refractivity contribution in [3.8, 4) is 0 Å². The molecule has 1 rings (SSSR count). The molecule has 0 N–H and O–H groups in total. The summed E-state index contributed by atoms with van der Waals surface area (Å²) < 4.78 is 33.5. The van der Waals surface area contributed by atoms with Gasteiger partial charge in [0, 0.05) is 5.57 Å². The van der Waals surface area contributed by atoms with Gasteiger partial charge >= 0.3 is 5.97 Å². The summed E-state index contributed by atoms with van der Waals surface area (Å²) in [6.45, 7) is 5.00. The van der Waals surface area contributed by atoms with Crippen LogP contribution in [0.25, 0.3) is 0 Å². The number of hydrogen-bond donors (Lipinski definition) is 0. The van der Waals surface area contributed by atoms with Gasteiger partial charge in [0.25, 0.3) is 10.1 Å². The van der Waals surface area contributed by atoms with Crippen molar-refractivity contribution in [1.29, 1.82) is 0 Å². The molecule has 116 valence electrons. The molecular formula is C13H21ClO5S. The van der Waals surface area contributed by atoms with Crippen LogP contribution in [0.3, 0.4) is 0 Å². The fourth-order valence-corrected chi connectivity index (χ4v) is 3.49. The molecule has 0 aliphatic heterocycles. The summed E-state index contributed by atoms with van der Waals surface area (Å²) in [7, 11) is -3.63. The third kappa shape index (κ3) is 6.24. The minimum absolute atomic E-state index is 0.0310. The number of carbonyl (C=O) groups is 1.